The van der Waals surface area contributed by atoms with Crippen molar-refractivity contribution < 1.29 is 9.53 Å². The van der Waals surface area contributed by atoms with Crippen LogP contribution in [0.3, 0.4) is 0 Å². The standard InChI is InChI=1S/C19H28N4O2/c1-16-8-11-23(21-16)18-6-4-17(5-7-18)19(24)20-9-2-3-10-22-12-14-25-15-13-22/h4-7H,2-3,8-15H2,1H3,(H,20,24). The minimum absolute atomic E-state index is 0.000902. The van der Waals surface area contributed by atoms with Gasteiger partial charge in [-0.2, -0.15) is 5.10 Å². The number of rotatable bonds is 7. The van der Waals surface area contributed by atoms with E-state index < -0.39 is 0 Å². The summed E-state index contributed by atoms with van der Waals surface area (Å²) in [5, 5.41) is 9.48. The zero-order valence-electron chi connectivity index (χ0n) is 15.0. The molecule has 6 heteroatoms. The summed E-state index contributed by atoms with van der Waals surface area (Å²) in [5.74, 6) is -0.000902. The lowest BCUT2D eigenvalue weighted by Gasteiger charge is -2.26. The molecule has 1 saturated heterocycles. The third-order valence-electron chi connectivity index (χ3n) is 4.69. The van der Waals surface area contributed by atoms with Gasteiger partial charge in [-0.25, -0.2) is 0 Å². The lowest BCUT2D eigenvalue weighted by atomic mass is 10.2. The van der Waals surface area contributed by atoms with Crippen molar-refractivity contribution >= 4 is 17.3 Å². The summed E-state index contributed by atoms with van der Waals surface area (Å²) in [6.45, 7) is 8.51. The zero-order valence-corrected chi connectivity index (χ0v) is 15.0. The van der Waals surface area contributed by atoms with Gasteiger partial charge in [-0.05, 0) is 50.6 Å². The maximum Gasteiger partial charge on any atom is 0.251 e. The summed E-state index contributed by atoms with van der Waals surface area (Å²) in [6, 6.07) is 7.69. The van der Waals surface area contributed by atoms with Gasteiger partial charge in [0.15, 0.2) is 0 Å². The van der Waals surface area contributed by atoms with Crippen LogP contribution in [0.5, 0.6) is 0 Å². The van der Waals surface area contributed by atoms with E-state index in [1.54, 1.807) is 0 Å². The Balaban J connectivity index is 1.36. The lowest BCUT2D eigenvalue weighted by molar-refractivity contribution is 0.0372. The number of hydrogen-bond donors (Lipinski definition) is 1. The molecule has 1 aromatic rings. The van der Waals surface area contributed by atoms with Gasteiger partial charge in [0.05, 0.1) is 18.9 Å². The van der Waals surface area contributed by atoms with Gasteiger partial charge in [-0.3, -0.25) is 14.7 Å². The molecule has 0 bridgehead atoms. The van der Waals surface area contributed by atoms with Crippen molar-refractivity contribution in [1.82, 2.24) is 10.2 Å². The van der Waals surface area contributed by atoms with Crippen LogP contribution in [0.25, 0.3) is 0 Å². The molecule has 0 saturated carbocycles. The third kappa shape index (κ3) is 5.28. The van der Waals surface area contributed by atoms with Crippen LogP contribution in [0.15, 0.2) is 29.4 Å². The number of nitrogens with zero attached hydrogens (tertiary/aromatic N) is 3. The second-order valence-corrected chi connectivity index (χ2v) is 6.67. The van der Waals surface area contributed by atoms with Crippen molar-refractivity contribution in [1.29, 1.82) is 0 Å². The first-order chi connectivity index (χ1) is 12.2. The minimum Gasteiger partial charge on any atom is -0.379 e. The van der Waals surface area contributed by atoms with E-state index in [0.717, 1.165) is 76.6 Å². The van der Waals surface area contributed by atoms with Gasteiger partial charge >= 0.3 is 0 Å². The Labute approximate surface area is 149 Å². The average Bonchev–Trinajstić information content (AvgIpc) is 3.09. The second kappa shape index (κ2) is 8.97. The SMILES string of the molecule is CC1=NN(c2ccc(C(=O)NCCCCN3CCOCC3)cc2)CC1. The van der Waals surface area contributed by atoms with E-state index in [4.69, 9.17) is 4.74 Å². The smallest absolute Gasteiger partial charge is 0.251 e. The molecule has 2 aliphatic heterocycles. The topological polar surface area (TPSA) is 57.2 Å². The van der Waals surface area contributed by atoms with Crippen molar-refractivity contribution in [2.45, 2.75) is 26.2 Å². The van der Waals surface area contributed by atoms with Crippen LogP contribution in [-0.2, 0) is 4.74 Å². The third-order valence-corrected chi connectivity index (χ3v) is 4.69. The number of anilines is 1. The fraction of sp³-hybridized carbons (Fsp3) is 0.579. The van der Waals surface area contributed by atoms with Crippen LogP contribution in [-0.4, -0.2) is 62.5 Å². The minimum atomic E-state index is -0.000902. The van der Waals surface area contributed by atoms with Gasteiger partial charge in [0.2, 0.25) is 0 Å². The van der Waals surface area contributed by atoms with Gasteiger partial charge in [0, 0.05) is 43.9 Å². The second-order valence-electron chi connectivity index (χ2n) is 6.67. The van der Waals surface area contributed by atoms with E-state index >= 15 is 0 Å². The maximum atomic E-state index is 12.2. The molecule has 6 nitrogen and oxygen atoms in total. The Morgan fingerprint density at radius 2 is 1.92 bits per heavy atom. The molecule has 0 aliphatic carbocycles. The molecule has 0 unspecified atom stereocenters. The van der Waals surface area contributed by atoms with Crippen LogP contribution in [0, 0.1) is 0 Å². The number of hydrogen-bond acceptors (Lipinski definition) is 5. The number of carbonyl (C=O) groups is 1. The highest BCUT2D eigenvalue weighted by molar-refractivity contribution is 5.94. The summed E-state index contributed by atoms with van der Waals surface area (Å²) in [7, 11) is 0. The van der Waals surface area contributed by atoms with Gasteiger partial charge in [0.25, 0.3) is 5.91 Å². The highest BCUT2D eigenvalue weighted by Crippen LogP contribution is 2.19. The fourth-order valence-corrected chi connectivity index (χ4v) is 3.13. The fourth-order valence-electron chi connectivity index (χ4n) is 3.13. The first-order valence-corrected chi connectivity index (χ1v) is 9.22. The Bertz CT molecular complexity index is 594. The number of nitrogens with one attached hydrogen (secondary N) is 1. The predicted octanol–water partition coefficient (Wildman–Crippen LogP) is 2.11. The molecule has 2 aliphatic rings. The number of hydrazone groups is 1. The van der Waals surface area contributed by atoms with E-state index in [2.05, 4.69) is 15.3 Å². The molecule has 25 heavy (non-hydrogen) atoms. The number of morpholine rings is 1. The summed E-state index contributed by atoms with van der Waals surface area (Å²) in [4.78, 5) is 14.6. The highest BCUT2D eigenvalue weighted by atomic mass is 16.5. The molecule has 1 fully saturated rings. The van der Waals surface area contributed by atoms with Crippen molar-refractivity contribution in [3.8, 4) is 0 Å². The molecule has 136 valence electrons. The van der Waals surface area contributed by atoms with Crippen LogP contribution in [0.4, 0.5) is 5.69 Å². The van der Waals surface area contributed by atoms with Crippen LogP contribution in [0.1, 0.15) is 36.5 Å². The van der Waals surface area contributed by atoms with E-state index in [1.165, 1.54) is 0 Å². The van der Waals surface area contributed by atoms with Crippen LogP contribution >= 0.6 is 0 Å². The van der Waals surface area contributed by atoms with Crippen molar-refractivity contribution in [3.63, 3.8) is 0 Å². The van der Waals surface area contributed by atoms with Crippen LogP contribution < -0.4 is 10.3 Å². The Morgan fingerprint density at radius 1 is 1.16 bits per heavy atom. The molecule has 2 heterocycles. The molecule has 0 radical (unpaired) electrons. The van der Waals surface area contributed by atoms with Gasteiger partial charge in [0.1, 0.15) is 0 Å². The van der Waals surface area contributed by atoms with Crippen LogP contribution in [0.2, 0.25) is 0 Å². The largest absolute Gasteiger partial charge is 0.379 e. The number of carbonyl (C=O) groups excluding carboxylic acids is 1. The monoisotopic (exact) mass is 344 g/mol. The maximum absolute atomic E-state index is 12.2. The summed E-state index contributed by atoms with van der Waals surface area (Å²) in [5.41, 5.74) is 2.90. The molecule has 0 spiro atoms. The van der Waals surface area contributed by atoms with Gasteiger partial charge in [-0.15, -0.1) is 0 Å². The molecule has 1 aromatic carbocycles. The molecule has 0 aromatic heterocycles. The predicted molar refractivity (Wildman–Crippen MR) is 100 cm³/mol. The lowest BCUT2D eigenvalue weighted by Crippen LogP contribution is -2.37. The summed E-state index contributed by atoms with van der Waals surface area (Å²) < 4.78 is 5.34. The Morgan fingerprint density at radius 3 is 2.60 bits per heavy atom. The van der Waals surface area contributed by atoms with Gasteiger partial charge < -0.3 is 10.1 Å². The Hall–Kier alpha value is -1.92. The number of benzene rings is 1. The summed E-state index contributed by atoms with van der Waals surface area (Å²) >= 11 is 0. The molecule has 0 atom stereocenters. The van der Waals surface area contributed by atoms with Gasteiger partial charge in [-0.1, -0.05) is 0 Å². The van der Waals surface area contributed by atoms with E-state index in [-0.39, 0.29) is 5.91 Å². The van der Waals surface area contributed by atoms with E-state index in [1.807, 2.05) is 36.2 Å². The molecule has 1 amide bonds. The number of unbranched alkanes of at least 4 members (excludes halogenated alkanes) is 1. The Kier molecular flexibility index (Phi) is 6.42. The van der Waals surface area contributed by atoms with E-state index in [0.29, 0.717) is 5.56 Å². The molecular weight excluding hydrogens is 316 g/mol. The van der Waals surface area contributed by atoms with E-state index in [9.17, 15) is 4.79 Å². The quantitative estimate of drug-likeness (QED) is 0.770. The first kappa shape index (κ1) is 17.9. The van der Waals surface area contributed by atoms with Crippen molar-refractivity contribution in [3.05, 3.63) is 29.8 Å². The molecule has 3 rings (SSSR count). The van der Waals surface area contributed by atoms with Crippen molar-refractivity contribution in [2.24, 2.45) is 5.10 Å². The van der Waals surface area contributed by atoms with Crippen molar-refractivity contribution in [2.75, 3.05) is 50.9 Å². The molecular formula is C19H28N4O2. The normalized spacial score (nSPS) is 18.3. The molecule has 1 N–H and O–H groups in total. The summed E-state index contributed by atoms with van der Waals surface area (Å²) in [6.07, 6.45) is 3.11. The average molecular weight is 344 g/mol. The highest BCUT2D eigenvalue weighted by Gasteiger charge is 2.13. The number of amides is 1. The zero-order chi connectivity index (χ0) is 17.5. The first-order valence-electron chi connectivity index (χ1n) is 9.22. The number of ether oxygens (including phenoxy) is 1.